The first-order valence-corrected chi connectivity index (χ1v) is 5.71. The maximum Gasteiger partial charge on any atom is 0.269 e. The first-order valence-electron chi connectivity index (χ1n) is 5.33. The van der Waals surface area contributed by atoms with Crippen LogP contribution in [0.3, 0.4) is 0 Å². The summed E-state index contributed by atoms with van der Waals surface area (Å²) in [6, 6.07) is 3.23. The summed E-state index contributed by atoms with van der Waals surface area (Å²) in [6.07, 6.45) is 1.45. The van der Waals surface area contributed by atoms with E-state index in [2.05, 4.69) is 15.6 Å². The van der Waals surface area contributed by atoms with E-state index in [1.54, 1.807) is 19.2 Å². The van der Waals surface area contributed by atoms with E-state index >= 15 is 0 Å². The van der Waals surface area contributed by atoms with Crippen LogP contribution in [0.4, 0.5) is 0 Å². The van der Waals surface area contributed by atoms with Gasteiger partial charge < -0.3 is 15.4 Å². The van der Waals surface area contributed by atoms with Crippen LogP contribution >= 0.6 is 36.4 Å². The Morgan fingerprint density at radius 2 is 2.05 bits per heavy atom. The van der Waals surface area contributed by atoms with Crippen molar-refractivity contribution in [1.29, 1.82) is 0 Å². The Labute approximate surface area is 130 Å². The fraction of sp³-hybridized carbons (Fsp3) is 0.455. The largest absolute Gasteiger partial charge is 0.383 e. The molecule has 0 saturated carbocycles. The molecule has 0 aromatic carbocycles. The highest BCUT2D eigenvalue weighted by Gasteiger charge is 2.05. The number of carbonyl (C=O) groups excluding carboxylic acids is 1. The highest BCUT2D eigenvalue weighted by molar-refractivity contribution is 6.30. The average Bonchev–Trinajstić information content (AvgIpc) is 2.34. The molecule has 0 radical (unpaired) electrons. The number of hydrogen-bond donors (Lipinski definition) is 2. The molecule has 2 N–H and O–H groups in total. The molecule has 1 amide bonds. The lowest BCUT2D eigenvalue weighted by molar-refractivity contribution is 0.0949. The van der Waals surface area contributed by atoms with Crippen molar-refractivity contribution in [1.82, 2.24) is 15.6 Å². The summed E-state index contributed by atoms with van der Waals surface area (Å²) in [5, 5.41) is 6.38. The molecule has 110 valence electrons. The van der Waals surface area contributed by atoms with Gasteiger partial charge in [0.25, 0.3) is 5.91 Å². The second-order valence-electron chi connectivity index (χ2n) is 3.36. The Hall–Kier alpha value is -0.590. The first kappa shape index (κ1) is 20.7. The van der Waals surface area contributed by atoms with Crippen molar-refractivity contribution >= 4 is 42.3 Å². The molecule has 0 atom stereocenters. The number of amides is 1. The molecule has 0 spiro atoms. The predicted molar refractivity (Wildman–Crippen MR) is 80.8 cm³/mol. The molecule has 1 rings (SSSR count). The molecule has 1 aromatic rings. The van der Waals surface area contributed by atoms with Gasteiger partial charge in [0.15, 0.2) is 0 Å². The third kappa shape index (κ3) is 9.02. The molecule has 0 aliphatic rings. The van der Waals surface area contributed by atoms with Crippen molar-refractivity contribution in [2.24, 2.45) is 0 Å². The number of pyridine rings is 1. The van der Waals surface area contributed by atoms with Crippen LogP contribution in [0.5, 0.6) is 0 Å². The fourth-order valence-corrected chi connectivity index (χ4v) is 1.28. The van der Waals surface area contributed by atoms with E-state index in [0.29, 0.717) is 30.4 Å². The summed E-state index contributed by atoms with van der Waals surface area (Å²) in [7, 11) is 1.65. The standard InChI is InChI=1S/C11H16ClN3O2.2ClH/c1-17-7-6-13-4-5-14-11(16)10-3-2-9(12)8-15-10;;/h2-3,8,13H,4-7H2,1H3,(H,14,16);2*1H. The summed E-state index contributed by atoms with van der Waals surface area (Å²) < 4.78 is 4.88. The molecule has 19 heavy (non-hydrogen) atoms. The van der Waals surface area contributed by atoms with Gasteiger partial charge in [-0.1, -0.05) is 11.6 Å². The maximum atomic E-state index is 11.6. The zero-order valence-electron chi connectivity index (χ0n) is 10.5. The van der Waals surface area contributed by atoms with E-state index in [9.17, 15) is 4.79 Å². The number of methoxy groups -OCH3 is 1. The highest BCUT2D eigenvalue weighted by Crippen LogP contribution is 2.05. The molecule has 0 aliphatic heterocycles. The van der Waals surface area contributed by atoms with Crippen molar-refractivity contribution < 1.29 is 9.53 Å². The Bertz CT molecular complexity index is 350. The van der Waals surface area contributed by atoms with Gasteiger partial charge >= 0.3 is 0 Å². The Morgan fingerprint density at radius 1 is 1.32 bits per heavy atom. The Morgan fingerprint density at radius 3 is 2.63 bits per heavy atom. The topological polar surface area (TPSA) is 63.2 Å². The van der Waals surface area contributed by atoms with Crippen molar-refractivity contribution in [2.75, 3.05) is 33.4 Å². The zero-order chi connectivity index (χ0) is 12.5. The van der Waals surface area contributed by atoms with Crippen molar-refractivity contribution in [3.63, 3.8) is 0 Å². The molecule has 8 heteroatoms. The van der Waals surface area contributed by atoms with Crippen LogP contribution in [0.2, 0.25) is 5.02 Å². The summed E-state index contributed by atoms with van der Waals surface area (Å²) in [5.41, 5.74) is 0.367. The smallest absolute Gasteiger partial charge is 0.269 e. The molecule has 0 unspecified atom stereocenters. The first-order chi connectivity index (χ1) is 8.24. The minimum Gasteiger partial charge on any atom is -0.383 e. The second-order valence-corrected chi connectivity index (χ2v) is 3.80. The minimum atomic E-state index is -0.199. The van der Waals surface area contributed by atoms with Gasteiger partial charge in [0.1, 0.15) is 5.69 Å². The summed E-state index contributed by atoms with van der Waals surface area (Å²) in [6.45, 7) is 2.67. The lowest BCUT2D eigenvalue weighted by Gasteiger charge is -2.06. The van der Waals surface area contributed by atoms with E-state index in [-0.39, 0.29) is 30.7 Å². The van der Waals surface area contributed by atoms with E-state index in [4.69, 9.17) is 16.3 Å². The van der Waals surface area contributed by atoms with Crippen LogP contribution in [0.25, 0.3) is 0 Å². The van der Waals surface area contributed by atoms with E-state index in [1.165, 1.54) is 6.20 Å². The molecule has 0 fully saturated rings. The molecule has 5 nitrogen and oxygen atoms in total. The average molecular weight is 331 g/mol. The van der Waals surface area contributed by atoms with Gasteiger partial charge in [-0.2, -0.15) is 0 Å². The lowest BCUT2D eigenvalue weighted by atomic mass is 10.3. The van der Waals surface area contributed by atoms with Crippen molar-refractivity contribution in [2.45, 2.75) is 0 Å². The van der Waals surface area contributed by atoms with Gasteiger partial charge in [0.2, 0.25) is 0 Å². The van der Waals surface area contributed by atoms with Gasteiger partial charge in [0.05, 0.1) is 11.6 Å². The summed E-state index contributed by atoms with van der Waals surface area (Å²) >= 11 is 5.68. The number of hydrogen-bond acceptors (Lipinski definition) is 4. The number of halogens is 3. The SMILES string of the molecule is COCCNCCNC(=O)c1ccc(Cl)cn1.Cl.Cl. The molecule has 1 aromatic heterocycles. The highest BCUT2D eigenvalue weighted by atomic mass is 35.5. The van der Waals surface area contributed by atoms with Gasteiger partial charge in [-0.15, -0.1) is 24.8 Å². The number of carbonyl (C=O) groups is 1. The van der Waals surface area contributed by atoms with Crippen LogP contribution in [0, 0.1) is 0 Å². The van der Waals surface area contributed by atoms with E-state index in [0.717, 1.165) is 6.54 Å². The number of ether oxygens (including phenoxy) is 1. The van der Waals surface area contributed by atoms with Gasteiger partial charge in [0, 0.05) is 32.9 Å². The summed E-state index contributed by atoms with van der Waals surface area (Å²) in [5.74, 6) is -0.199. The quantitative estimate of drug-likeness (QED) is 0.745. The molecule has 0 aliphatic carbocycles. The van der Waals surface area contributed by atoms with Gasteiger partial charge in [-0.25, -0.2) is 4.98 Å². The van der Waals surface area contributed by atoms with Gasteiger partial charge in [-0.05, 0) is 12.1 Å². The maximum absolute atomic E-state index is 11.6. The van der Waals surface area contributed by atoms with Gasteiger partial charge in [-0.3, -0.25) is 4.79 Å². The van der Waals surface area contributed by atoms with E-state index < -0.39 is 0 Å². The monoisotopic (exact) mass is 329 g/mol. The van der Waals surface area contributed by atoms with Crippen LogP contribution in [-0.2, 0) is 4.74 Å². The number of nitrogens with one attached hydrogen (secondary N) is 2. The van der Waals surface area contributed by atoms with Crippen LogP contribution in [0.15, 0.2) is 18.3 Å². The summed E-state index contributed by atoms with van der Waals surface area (Å²) in [4.78, 5) is 15.5. The third-order valence-corrected chi connectivity index (χ3v) is 2.25. The number of aromatic nitrogens is 1. The normalized spacial score (nSPS) is 9.16. The predicted octanol–water partition coefficient (Wildman–Crippen LogP) is 1.54. The molecule has 1 heterocycles. The molecule has 0 saturated heterocycles. The second kappa shape index (κ2) is 12.4. The van der Waals surface area contributed by atoms with Crippen LogP contribution < -0.4 is 10.6 Å². The van der Waals surface area contributed by atoms with Crippen molar-refractivity contribution in [3.05, 3.63) is 29.0 Å². The fourth-order valence-electron chi connectivity index (χ4n) is 1.16. The third-order valence-electron chi connectivity index (χ3n) is 2.03. The van der Waals surface area contributed by atoms with E-state index in [1.807, 2.05) is 0 Å². The number of nitrogens with zero attached hydrogens (tertiary/aromatic N) is 1. The zero-order valence-corrected chi connectivity index (χ0v) is 12.9. The Balaban J connectivity index is 0. The van der Waals surface area contributed by atoms with Crippen molar-refractivity contribution in [3.8, 4) is 0 Å². The number of rotatable bonds is 7. The Kier molecular flexibility index (Phi) is 13.6. The van der Waals surface area contributed by atoms with Crippen LogP contribution in [0.1, 0.15) is 10.5 Å². The minimum absolute atomic E-state index is 0. The molecule has 0 bridgehead atoms. The lowest BCUT2D eigenvalue weighted by Crippen LogP contribution is -2.33. The molecular weight excluding hydrogens is 312 g/mol. The molecular formula is C11H18Cl3N3O2. The van der Waals surface area contributed by atoms with Crippen LogP contribution in [-0.4, -0.2) is 44.2 Å².